The number of para-hydroxylation sites is 1. The van der Waals surface area contributed by atoms with Crippen molar-refractivity contribution in [1.82, 2.24) is 10.2 Å². The first-order valence-corrected chi connectivity index (χ1v) is 5.91. The molecular weight excluding hydrogens is 252 g/mol. The van der Waals surface area contributed by atoms with Gasteiger partial charge in [-0.05, 0) is 12.1 Å². The maximum atomic E-state index is 11.8. The van der Waals surface area contributed by atoms with Crippen LogP contribution in [0.15, 0.2) is 30.3 Å². The number of hydrogen-bond acceptors (Lipinski definition) is 3. The molecule has 100 valence electrons. The van der Waals surface area contributed by atoms with Crippen molar-refractivity contribution in [2.24, 2.45) is 0 Å². The fourth-order valence-corrected chi connectivity index (χ4v) is 1.70. The first-order valence-electron chi connectivity index (χ1n) is 5.91. The molecule has 0 saturated carbocycles. The van der Waals surface area contributed by atoms with Crippen molar-refractivity contribution in [3.8, 4) is 5.75 Å². The van der Waals surface area contributed by atoms with E-state index >= 15 is 0 Å². The normalized spacial score (nSPS) is 14.3. The number of ether oxygens (including phenoxy) is 1. The van der Waals surface area contributed by atoms with E-state index in [2.05, 4.69) is 5.32 Å². The molecule has 0 spiro atoms. The molecule has 2 rings (SSSR count). The summed E-state index contributed by atoms with van der Waals surface area (Å²) in [6, 6.07) is 9.93. The van der Waals surface area contributed by atoms with Crippen LogP contribution in [0.2, 0.25) is 0 Å². The molecule has 5 heteroatoms. The van der Waals surface area contributed by atoms with E-state index in [0.717, 1.165) is 18.8 Å². The predicted molar refractivity (Wildman–Crippen MR) is 73.2 cm³/mol. The molecule has 0 aliphatic carbocycles. The van der Waals surface area contributed by atoms with Crippen LogP contribution in [0.4, 0.5) is 0 Å². The van der Waals surface area contributed by atoms with Crippen LogP contribution >= 0.6 is 12.4 Å². The van der Waals surface area contributed by atoms with E-state index in [1.165, 1.54) is 0 Å². The molecular formula is C13H19ClN2O2. The van der Waals surface area contributed by atoms with Gasteiger partial charge in [0.15, 0.2) is 0 Å². The molecule has 0 atom stereocenters. The van der Waals surface area contributed by atoms with Gasteiger partial charge in [0.05, 0.1) is 19.1 Å². The van der Waals surface area contributed by atoms with Crippen LogP contribution in [-0.4, -0.2) is 43.6 Å². The molecule has 18 heavy (non-hydrogen) atoms. The lowest BCUT2D eigenvalue weighted by atomic mass is 10.1. The monoisotopic (exact) mass is 270 g/mol. The first kappa shape index (κ1) is 14.8. The highest BCUT2D eigenvalue weighted by Gasteiger charge is 2.24. The number of amides is 1. The van der Waals surface area contributed by atoms with Gasteiger partial charge in [-0.2, -0.15) is 0 Å². The Balaban J connectivity index is 0.00000162. The summed E-state index contributed by atoms with van der Waals surface area (Å²) in [4.78, 5) is 13.6. The van der Waals surface area contributed by atoms with Crippen molar-refractivity contribution in [1.29, 1.82) is 0 Å². The predicted octanol–water partition coefficient (Wildman–Crippen LogP) is 1.31. The van der Waals surface area contributed by atoms with E-state index in [1.807, 2.05) is 42.3 Å². The summed E-state index contributed by atoms with van der Waals surface area (Å²) in [6.07, 6.45) is 0.432. The third-order valence-electron chi connectivity index (χ3n) is 3.03. The molecule has 0 unspecified atom stereocenters. The molecule has 0 aromatic heterocycles. The SMILES string of the molecule is CN(C(=O)CCOc1ccccc1)C1CNC1.Cl. The number of nitrogens with zero attached hydrogens (tertiary/aromatic N) is 1. The summed E-state index contributed by atoms with van der Waals surface area (Å²) < 4.78 is 5.50. The Morgan fingerprint density at radius 2 is 2.06 bits per heavy atom. The van der Waals surface area contributed by atoms with Crippen LogP contribution in [0.25, 0.3) is 0 Å². The van der Waals surface area contributed by atoms with Gasteiger partial charge in [-0.1, -0.05) is 18.2 Å². The van der Waals surface area contributed by atoms with Crippen molar-refractivity contribution < 1.29 is 9.53 Å². The first-order chi connectivity index (χ1) is 8.27. The number of benzene rings is 1. The van der Waals surface area contributed by atoms with Crippen molar-refractivity contribution in [2.75, 3.05) is 26.7 Å². The summed E-state index contributed by atoms with van der Waals surface area (Å²) in [5.41, 5.74) is 0. The fraction of sp³-hybridized carbons (Fsp3) is 0.462. The van der Waals surface area contributed by atoms with Crippen LogP contribution in [-0.2, 0) is 4.79 Å². The minimum absolute atomic E-state index is 0. The highest BCUT2D eigenvalue weighted by Crippen LogP contribution is 2.09. The largest absolute Gasteiger partial charge is 0.493 e. The summed E-state index contributed by atoms with van der Waals surface area (Å²) >= 11 is 0. The van der Waals surface area contributed by atoms with Crippen molar-refractivity contribution in [3.63, 3.8) is 0 Å². The summed E-state index contributed by atoms with van der Waals surface area (Å²) in [5.74, 6) is 0.959. The number of carbonyl (C=O) groups excluding carboxylic acids is 1. The van der Waals surface area contributed by atoms with Gasteiger partial charge in [-0.15, -0.1) is 12.4 Å². The number of likely N-dealkylation sites (N-methyl/N-ethyl adjacent to an activating group) is 1. The van der Waals surface area contributed by atoms with E-state index in [0.29, 0.717) is 19.1 Å². The van der Waals surface area contributed by atoms with Gasteiger partial charge in [-0.3, -0.25) is 4.79 Å². The van der Waals surface area contributed by atoms with E-state index < -0.39 is 0 Å². The van der Waals surface area contributed by atoms with Crippen molar-refractivity contribution >= 4 is 18.3 Å². The van der Waals surface area contributed by atoms with Gasteiger partial charge >= 0.3 is 0 Å². The molecule has 0 radical (unpaired) electrons. The summed E-state index contributed by atoms with van der Waals surface area (Å²) in [7, 11) is 1.86. The van der Waals surface area contributed by atoms with Crippen LogP contribution in [0.3, 0.4) is 0 Å². The minimum Gasteiger partial charge on any atom is -0.493 e. The standard InChI is InChI=1S/C13H18N2O2.ClH/c1-15(11-9-14-10-11)13(16)7-8-17-12-5-3-2-4-6-12;/h2-6,11,14H,7-10H2,1H3;1H. The highest BCUT2D eigenvalue weighted by atomic mass is 35.5. The third-order valence-corrected chi connectivity index (χ3v) is 3.03. The van der Waals surface area contributed by atoms with E-state index in [9.17, 15) is 4.79 Å². The average Bonchev–Trinajstić information content (AvgIpc) is 2.28. The van der Waals surface area contributed by atoms with Gasteiger partial charge in [0.25, 0.3) is 0 Å². The molecule has 4 nitrogen and oxygen atoms in total. The van der Waals surface area contributed by atoms with Gasteiger partial charge in [0, 0.05) is 20.1 Å². The zero-order valence-electron chi connectivity index (χ0n) is 10.5. The molecule has 1 aromatic rings. The van der Waals surface area contributed by atoms with Crippen molar-refractivity contribution in [2.45, 2.75) is 12.5 Å². The Morgan fingerprint density at radius 3 is 2.61 bits per heavy atom. The fourth-order valence-electron chi connectivity index (χ4n) is 1.70. The topological polar surface area (TPSA) is 41.6 Å². The van der Waals surface area contributed by atoms with Gasteiger partial charge in [0.2, 0.25) is 5.91 Å². The number of halogens is 1. The van der Waals surface area contributed by atoms with E-state index in [4.69, 9.17) is 4.74 Å². The Hall–Kier alpha value is -1.26. The number of carbonyl (C=O) groups is 1. The van der Waals surface area contributed by atoms with Gasteiger partial charge in [0.1, 0.15) is 5.75 Å². The van der Waals surface area contributed by atoms with Crippen LogP contribution in [0.1, 0.15) is 6.42 Å². The Bertz CT molecular complexity index is 369. The van der Waals surface area contributed by atoms with E-state index in [-0.39, 0.29) is 18.3 Å². The molecule has 1 aliphatic heterocycles. The average molecular weight is 271 g/mol. The Labute approximate surface area is 114 Å². The Morgan fingerprint density at radius 1 is 1.39 bits per heavy atom. The van der Waals surface area contributed by atoms with Crippen LogP contribution < -0.4 is 10.1 Å². The molecule has 1 amide bonds. The zero-order chi connectivity index (χ0) is 12.1. The quantitative estimate of drug-likeness (QED) is 0.877. The van der Waals surface area contributed by atoms with Gasteiger partial charge in [-0.25, -0.2) is 0 Å². The zero-order valence-corrected chi connectivity index (χ0v) is 11.3. The molecule has 0 bridgehead atoms. The van der Waals surface area contributed by atoms with Crippen molar-refractivity contribution in [3.05, 3.63) is 30.3 Å². The lowest BCUT2D eigenvalue weighted by molar-refractivity contribution is -0.133. The molecule has 1 aromatic carbocycles. The minimum atomic E-state index is 0. The molecule has 1 N–H and O–H groups in total. The van der Waals surface area contributed by atoms with E-state index in [1.54, 1.807) is 0 Å². The van der Waals surface area contributed by atoms with Crippen LogP contribution in [0, 0.1) is 0 Å². The summed E-state index contributed by atoms with van der Waals surface area (Å²) in [6.45, 7) is 2.25. The second kappa shape index (κ2) is 7.24. The number of nitrogens with one attached hydrogen (secondary N) is 1. The molecule has 1 fully saturated rings. The number of hydrogen-bond donors (Lipinski definition) is 1. The second-order valence-corrected chi connectivity index (χ2v) is 4.23. The summed E-state index contributed by atoms with van der Waals surface area (Å²) in [5, 5.41) is 3.15. The lowest BCUT2D eigenvalue weighted by Crippen LogP contribution is -2.57. The number of rotatable bonds is 5. The Kier molecular flexibility index (Phi) is 5.95. The smallest absolute Gasteiger partial charge is 0.226 e. The lowest BCUT2D eigenvalue weighted by Gasteiger charge is -2.35. The second-order valence-electron chi connectivity index (χ2n) is 4.23. The maximum absolute atomic E-state index is 11.8. The molecule has 1 aliphatic rings. The van der Waals surface area contributed by atoms with Gasteiger partial charge < -0.3 is 15.0 Å². The molecule has 1 heterocycles. The molecule has 1 saturated heterocycles. The third kappa shape index (κ3) is 3.89. The highest BCUT2D eigenvalue weighted by molar-refractivity contribution is 5.85. The maximum Gasteiger partial charge on any atom is 0.226 e. The van der Waals surface area contributed by atoms with Crippen LogP contribution in [0.5, 0.6) is 5.75 Å².